The molecule has 0 saturated carbocycles. The topological polar surface area (TPSA) is 237 Å². The van der Waals surface area contributed by atoms with Crippen LogP contribution in [0.15, 0.2) is 0 Å². The average Bonchev–Trinajstić information content (AvgIpc) is 3.48. The lowest BCUT2D eigenvalue weighted by Gasteiger charge is -2.21. The van der Waals surface area contributed by atoms with E-state index in [0.717, 1.165) is 115 Å². The fraction of sp³-hybridized carbons (Fsp3) is 0.939. The summed E-state index contributed by atoms with van der Waals surface area (Å²) in [6, 6.07) is 0. The second-order valence-electron chi connectivity index (χ2n) is 24.6. The Bertz CT molecular complexity index is 1670. The number of aliphatic hydroxyl groups is 1. The van der Waals surface area contributed by atoms with Crippen molar-refractivity contribution in [2.75, 3.05) is 39.6 Å². The highest BCUT2D eigenvalue weighted by molar-refractivity contribution is 7.47. The largest absolute Gasteiger partial charge is 0.472 e. The number of phosphoric acid groups is 2. The zero-order chi connectivity index (χ0) is 62.9. The predicted molar refractivity (Wildman–Crippen MR) is 340 cm³/mol. The lowest BCUT2D eigenvalue weighted by atomic mass is 10.00. The van der Waals surface area contributed by atoms with Crippen LogP contribution in [0, 0.1) is 11.8 Å². The number of rotatable bonds is 65. The first-order chi connectivity index (χ1) is 40.9. The van der Waals surface area contributed by atoms with Gasteiger partial charge in [0.1, 0.15) is 19.3 Å². The number of carbonyl (C=O) groups is 4. The zero-order valence-electron chi connectivity index (χ0n) is 54.9. The third-order valence-electron chi connectivity index (χ3n) is 15.6. The van der Waals surface area contributed by atoms with Crippen LogP contribution in [-0.4, -0.2) is 96.7 Å². The van der Waals surface area contributed by atoms with Gasteiger partial charge in [0.25, 0.3) is 0 Å². The molecule has 17 nitrogen and oxygen atoms in total. The van der Waals surface area contributed by atoms with Gasteiger partial charge in [0.15, 0.2) is 12.2 Å². The Hall–Kier alpha value is -1.94. The number of esters is 4. The van der Waals surface area contributed by atoms with Gasteiger partial charge in [0.2, 0.25) is 0 Å². The van der Waals surface area contributed by atoms with Crippen molar-refractivity contribution in [1.29, 1.82) is 0 Å². The van der Waals surface area contributed by atoms with Gasteiger partial charge in [-0.2, -0.15) is 0 Å². The molecule has 19 heteroatoms. The summed E-state index contributed by atoms with van der Waals surface area (Å²) in [7, 11) is -9.89. The molecule has 0 spiro atoms. The number of aliphatic hydroxyl groups excluding tert-OH is 1. The molecule has 0 aliphatic carbocycles. The summed E-state index contributed by atoms with van der Waals surface area (Å²) < 4.78 is 68.0. The Balaban J connectivity index is 5.19. The quantitative estimate of drug-likeness (QED) is 0.0222. The van der Waals surface area contributed by atoms with Crippen LogP contribution >= 0.6 is 15.6 Å². The smallest absolute Gasteiger partial charge is 0.462 e. The summed E-state index contributed by atoms with van der Waals surface area (Å²) in [5, 5.41) is 10.5. The van der Waals surface area contributed by atoms with E-state index >= 15 is 0 Å². The van der Waals surface area contributed by atoms with E-state index < -0.39 is 97.5 Å². The third kappa shape index (κ3) is 59.5. The molecule has 0 aliphatic rings. The van der Waals surface area contributed by atoms with Gasteiger partial charge in [-0.05, 0) is 37.5 Å². The standard InChI is InChI=1S/C66H128O17P2/c1-7-10-12-14-16-17-18-19-20-21-22-23-24-25-31-38-44-50-65(70)82-61(55-77-64(69)49-43-37-30-27-26-29-34-40-46-58(4)5)56-80-84(72,73)78-52-60(67)53-79-85(74,75)81-57-62(54-76-63(68)48-42-36-28-15-13-11-8-2)83-66(71)51-45-39-33-32-35-41-47-59(6)9-3/h58-62,67H,7-57H2,1-6H3,(H,72,73)(H,74,75)/t59?,60-,61-,62-/m1/s1. The molecular weight excluding hydrogens is 1130 g/mol. The first kappa shape index (κ1) is 83.1. The van der Waals surface area contributed by atoms with E-state index in [9.17, 15) is 43.2 Å². The van der Waals surface area contributed by atoms with Crippen LogP contribution in [0.3, 0.4) is 0 Å². The summed E-state index contributed by atoms with van der Waals surface area (Å²) >= 11 is 0. The highest BCUT2D eigenvalue weighted by atomic mass is 31.2. The molecule has 504 valence electrons. The van der Waals surface area contributed by atoms with E-state index in [-0.39, 0.29) is 25.7 Å². The minimum absolute atomic E-state index is 0.102. The second-order valence-corrected chi connectivity index (χ2v) is 27.5. The van der Waals surface area contributed by atoms with Crippen molar-refractivity contribution in [2.45, 2.75) is 349 Å². The lowest BCUT2D eigenvalue weighted by molar-refractivity contribution is -0.161. The van der Waals surface area contributed by atoms with Gasteiger partial charge in [0.05, 0.1) is 26.4 Å². The fourth-order valence-corrected chi connectivity index (χ4v) is 11.4. The second kappa shape index (κ2) is 58.4. The molecule has 0 aromatic carbocycles. The maximum absolute atomic E-state index is 13.0. The minimum Gasteiger partial charge on any atom is -0.462 e. The summed E-state index contributed by atoms with van der Waals surface area (Å²) in [6.07, 6.45) is 41.9. The Morgan fingerprint density at radius 1 is 0.341 bits per heavy atom. The third-order valence-corrected chi connectivity index (χ3v) is 17.5. The number of hydrogen-bond acceptors (Lipinski definition) is 15. The summed E-state index contributed by atoms with van der Waals surface area (Å²) in [6.45, 7) is 9.39. The SMILES string of the molecule is CCCCCCCCCCCCCCCCCCCC(=O)O[C@H](COC(=O)CCCCCCCCCCC(C)C)COP(=O)(O)OC[C@@H](O)COP(=O)(O)OC[C@@H](COC(=O)CCCCCCCCC)OC(=O)CCCCCCCCC(C)CC. The van der Waals surface area contributed by atoms with Crippen LogP contribution < -0.4 is 0 Å². The normalized spacial score (nSPS) is 14.6. The maximum atomic E-state index is 13.0. The van der Waals surface area contributed by atoms with Gasteiger partial charge in [-0.15, -0.1) is 0 Å². The molecule has 0 aliphatic heterocycles. The molecule has 0 radical (unpaired) electrons. The van der Waals surface area contributed by atoms with Gasteiger partial charge in [-0.1, -0.05) is 279 Å². The van der Waals surface area contributed by atoms with E-state index in [2.05, 4.69) is 41.5 Å². The van der Waals surface area contributed by atoms with Crippen LogP contribution in [0.4, 0.5) is 0 Å². The summed E-state index contributed by atoms with van der Waals surface area (Å²) in [4.78, 5) is 72.2. The molecular formula is C66H128O17P2. The predicted octanol–water partition coefficient (Wildman–Crippen LogP) is 18.4. The van der Waals surface area contributed by atoms with Crippen molar-refractivity contribution in [3.8, 4) is 0 Å². The number of ether oxygens (including phenoxy) is 4. The monoisotopic (exact) mass is 1250 g/mol. The maximum Gasteiger partial charge on any atom is 0.472 e. The van der Waals surface area contributed by atoms with Crippen LogP contribution in [-0.2, 0) is 65.4 Å². The Kier molecular flexibility index (Phi) is 57.1. The average molecular weight is 1260 g/mol. The van der Waals surface area contributed by atoms with E-state index in [1.165, 1.54) is 135 Å². The number of unbranched alkanes of at least 4 members (excludes halogenated alkanes) is 34. The van der Waals surface area contributed by atoms with E-state index in [0.29, 0.717) is 25.7 Å². The highest BCUT2D eigenvalue weighted by Crippen LogP contribution is 2.45. The molecule has 6 atom stereocenters. The molecule has 0 saturated heterocycles. The summed E-state index contributed by atoms with van der Waals surface area (Å²) in [5.41, 5.74) is 0. The van der Waals surface area contributed by atoms with Crippen molar-refractivity contribution < 1.29 is 80.2 Å². The van der Waals surface area contributed by atoms with Gasteiger partial charge < -0.3 is 33.8 Å². The molecule has 3 unspecified atom stereocenters. The van der Waals surface area contributed by atoms with E-state index in [1.54, 1.807) is 0 Å². The first-order valence-electron chi connectivity index (χ1n) is 34.5. The molecule has 0 rings (SSSR count). The van der Waals surface area contributed by atoms with Crippen LogP contribution in [0.2, 0.25) is 0 Å². The highest BCUT2D eigenvalue weighted by Gasteiger charge is 2.30. The number of hydrogen-bond donors (Lipinski definition) is 3. The molecule has 0 heterocycles. The Labute approximate surface area is 517 Å². The van der Waals surface area contributed by atoms with Crippen molar-refractivity contribution in [1.82, 2.24) is 0 Å². The van der Waals surface area contributed by atoms with Gasteiger partial charge in [-0.3, -0.25) is 37.3 Å². The van der Waals surface area contributed by atoms with Crippen LogP contribution in [0.25, 0.3) is 0 Å². The van der Waals surface area contributed by atoms with Crippen molar-refractivity contribution >= 4 is 39.5 Å². The Morgan fingerprint density at radius 3 is 0.894 bits per heavy atom. The molecule has 85 heavy (non-hydrogen) atoms. The van der Waals surface area contributed by atoms with Gasteiger partial charge >= 0.3 is 39.5 Å². The molecule has 3 N–H and O–H groups in total. The molecule has 0 fully saturated rings. The lowest BCUT2D eigenvalue weighted by Crippen LogP contribution is -2.30. The summed E-state index contributed by atoms with van der Waals surface area (Å²) in [5.74, 6) is -0.691. The van der Waals surface area contributed by atoms with Crippen LogP contribution in [0.5, 0.6) is 0 Å². The van der Waals surface area contributed by atoms with Crippen LogP contribution in [0.1, 0.15) is 330 Å². The number of phosphoric ester groups is 2. The zero-order valence-corrected chi connectivity index (χ0v) is 56.7. The fourth-order valence-electron chi connectivity index (χ4n) is 9.85. The van der Waals surface area contributed by atoms with Crippen molar-refractivity contribution in [2.24, 2.45) is 11.8 Å². The molecule has 0 aromatic rings. The molecule has 0 aromatic heterocycles. The van der Waals surface area contributed by atoms with E-state index in [1.807, 2.05) is 0 Å². The molecule has 0 amide bonds. The molecule has 0 bridgehead atoms. The van der Waals surface area contributed by atoms with Gasteiger partial charge in [-0.25, -0.2) is 9.13 Å². The number of carbonyl (C=O) groups excluding carboxylic acids is 4. The van der Waals surface area contributed by atoms with Crippen molar-refractivity contribution in [3.05, 3.63) is 0 Å². The van der Waals surface area contributed by atoms with Gasteiger partial charge in [0, 0.05) is 25.7 Å². The first-order valence-corrected chi connectivity index (χ1v) is 37.5. The van der Waals surface area contributed by atoms with Crippen molar-refractivity contribution in [3.63, 3.8) is 0 Å². The Morgan fingerprint density at radius 2 is 0.600 bits per heavy atom. The van der Waals surface area contributed by atoms with E-state index in [4.69, 9.17) is 37.0 Å². The minimum atomic E-state index is -4.95.